The Labute approximate surface area is 148 Å². The fourth-order valence-electron chi connectivity index (χ4n) is 2.67. The van der Waals surface area contributed by atoms with E-state index in [0.29, 0.717) is 6.54 Å². The van der Waals surface area contributed by atoms with Gasteiger partial charge < -0.3 is 15.3 Å². The number of amides is 2. The van der Waals surface area contributed by atoms with E-state index in [0.717, 1.165) is 11.1 Å². The first-order valence-electron chi connectivity index (χ1n) is 8.38. The average Bonchev–Trinajstić information content (AvgIpc) is 2.58. The summed E-state index contributed by atoms with van der Waals surface area (Å²) < 4.78 is 13.3. The molecular formula is C20H25FN2O2. The largest absolute Gasteiger partial charge is 0.389 e. The first kappa shape index (κ1) is 18.9. The monoisotopic (exact) mass is 344 g/mol. The van der Waals surface area contributed by atoms with Crippen LogP contribution in [0.3, 0.4) is 0 Å². The molecule has 1 atom stereocenters. The number of carbonyl (C=O) groups is 1. The molecule has 0 saturated heterocycles. The number of carbonyl (C=O) groups excluding carboxylic acids is 1. The topological polar surface area (TPSA) is 52.6 Å². The summed E-state index contributed by atoms with van der Waals surface area (Å²) in [7, 11) is 0. The van der Waals surface area contributed by atoms with Crippen LogP contribution in [0.2, 0.25) is 0 Å². The van der Waals surface area contributed by atoms with E-state index in [-0.39, 0.29) is 18.4 Å². The van der Waals surface area contributed by atoms with Gasteiger partial charge in [0.25, 0.3) is 0 Å². The fourth-order valence-corrected chi connectivity index (χ4v) is 2.67. The quantitative estimate of drug-likeness (QED) is 0.839. The lowest BCUT2D eigenvalue weighted by atomic mass is 9.99. The lowest BCUT2D eigenvalue weighted by molar-refractivity contribution is 0.0477. The summed E-state index contributed by atoms with van der Waals surface area (Å²) in [6.45, 7) is 5.89. The second-order valence-corrected chi connectivity index (χ2v) is 6.67. The van der Waals surface area contributed by atoms with Gasteiger partial charge in [-0.3, -0.25) is 0 Å². The highest BCUT2D eigenvalue weighted by atomic mass is 19.1. The van der Waals surface area contributed by atoms with Crippen molar-refractivity contribution in [2.75, 3.05) is 13.1 Å². The van der Waals surface area contributed by atoms with Crippen molar-refractivity contribution in [3.63, 3.8) is 0 Å². The van der Waals surface area contributed by atoms with Gasteiger partial charge in [-0.2, -0.15) is 0 Å². The molecule has 0 aliphatic rings. The van der Waals surface area contributed by atoms with Crippen LogP contribution in [-0.2, 0) is 0 Å². The molecule has 0 aromatic heterocycles. The van der Waals surface area contributed by atoms with Gasteiger partial charge in [-0.05, 0) is 44.0 Å². The minimum atomic E-state index is -0.981. The maximum absolute atomic E-state index is 13.3. The van der Waals surface area contributed by atoms with E-state index >= 15 is 0 Å². The normalized spacial score (nSPS) is 12.5. The smallest absolute Gasteiger partial charge is 0.318 e. The Morgan fingerprint density at radius 1 is 1.12 bits per heavy atom. The number of likely N-dealkylation sites (N-methyl/N-ethyl adjacent to an activating group) is 1. The van der Waals surface area contributed by atoms with Crippen LogP contribution in [0.4, 0.5) is 9.18 Å². The molecule has 2 aromatic carbocycles. The molecule has 134 valence electrons. The van der Waals surface area contributed by atoms with Crippen molar-refractivity contribution >= 4 is 6.03 Å². The second kappa shape index (κ2) is 8.12. The molecule has 0 spiro atoms. The third-order valence-corrected chi connectivity index (χ3v) is 3.85. The van der Waals surface area contributed by atoms with Crippen LogP contribution in [0.5, 0.6) is 0 Å². The van der Waals surface area contributed by atoms with Crippen molar-refractivity contribution in [2.24, 2.45) is 0 Å². The third kappa shape index (κ3) is 5.57. The van der Waals surface area contributed by atoms with Crippen molar-refractivity contribution in [1.82, 2.24) is 10.2 Å². The molecule has 0 aliphatic carbocycles. The molecule has 0 radical (unpaired) electrons. The highest BCUT2D eigenvalue weighted by molar-refractivity contribution is 5.75. The molecule has 2 amide bonds. The van der Waals surface area contributed by atoms with Crippen molar-refractivity contribution in [1.29, 1.82) is 0 Å². The van der Waals surface area contributed by atoms with Gasteiger partial charge in [-0.25, -0.2) is 9.18 Å². The first-order valence-corrected chi connectivity index (χ1v) is 8.38. The van der Waals surface area contributed by atoms with Gasteiger partial charge in [0.15, 0.2) is 0 Å². The Morgan fingerprint density at radius 3 is 2.20 bits per heavy atom. The Kier molecular flexibility index (Phi) is 6.15. The molecule has 2 N–H and O–H groups in total. The number of halogens is 1. The van der Waals surface area contributed by atoms with E-state index in [2.05, 4.69) is 5.32 Å². The molecule has 25 heavy (non-hydrogen) atoms. The van der Waals surface area contributed by atoms with Crippen LogP contribution >= 0.6 is 0 Å². The summed E-state index contributed by atoms with van der Waals surface area (Å²) >= 11 is 0. The Bertz CT molecular complexity index is 681. The molecule has 2 aromatic rings. The molecule has 0 fully saturated rings. The lowest BCUT2D eigenvalue weighted by Gasteiger charge is -2.30. The van der Waals surface area contributed by atoms with E-state index in [9.17, 15) is 14.3 Å². The summed E-state index contributed by atoms with van der Waals surface area (Å²) in [5.41, 5.74) is 0.716. The van der Waals surface area contributed by atoms with Crippen LogP contribution < -0.4 is 5.32 Å². The summed E-state index contributed by atoms with van der Waals surface area (Å²) in [6.07, 6.45) is 0. The van der Waals surface area contributed by atoms with Crippen molar-refractivity contribution in [3.8, 4) is 0 Å². The molecule has 1 unspecified atom stereocenters. The summed E-state index contributed by atoms with van der Waals surface area (Å²) in [4.78, 5) is 14.3. The highest BCUT2D eigenvalue weighted by Crippen LogP contribution is 2.23. The van der Waals surface area contributed by atoms with E-state index in [1.165, 1.54) is 12.1 Å². The molecule has 0 aliphatic heterocycles. The van der Waals surface area contributed by atoms with Crippen LogP contribution in [0.25, 0.3) is 0 Å². The van der Waals surface area contributed by atoms with Crippen LogP contribution in [0.15, 0.2) is 54.6 Å². The van der Waals surface area contributed by atoms with Crippen LogP contribution in [0.1, 0.15) is 37.9 Å². The van der Waals surface area contributed by atoms with E-state index in [1.54, 1.807) is 30.9 Å². The summed E-state index contributed by atoms with van der Waals surface area (Å²) in [5, 5.41) is 13.0. The molecule has 0 bridgehead atoms. The average molecular weight is 344 g/mol. The molecule has 4 nitrogen and oxygen atoms in total. The van der Waals surface area contributed by atoms with Crippen molar-refractivity contribution in [2.45, 2.75) is 32.4 Å². The number of rotatable bonds is 6. The number of urea groups is 1. The number of aliphatic hydroxyl groups is 1. The van der Waals surface area contributed by atoms with Gasteiger partial charge in [0.05, 0.1) is 18.2 Å². The van der Waals surface area contributed by atoms with Gasteiger partial charge in [0.2, 0.25) is 0 Å². The van der Waals surface area contributed by atoms with Gasteiger partial charge >= 0.3 is 6.03 Å². The van der Waals surface area contributed by atoms with E-state index in [1.807, 2.05) is 37.3 Å². The third-order valence-electron chi connectivity index (χ3n) is 3.85. The lowest BCUT2D eigenvalue weighted by Crippen LogP contribution is -2.47. The van der Waals surface area contributed by atoms with Crippen LogP contribution in [0, 0.1) is 5.82 Å². The molecule has 0 heterocycles. The highest BCUT2D eigenvalue weighted by Gasteiger charge is 2.24. The predicted octanol–water partition coefficient (Wildman–Crippen LogP) is 3.72. The molecule has 2 rings (SSSR count). The maximum atomic E-state index is 13.3. The van der Waals surface area contributed by atoms with Gasteiger partial charge in [-0.15, -0.1) is 0 Å². The van der Waals surface area contributed by atoms with Gasteiger partial charge in [0.1, 0.15) is 5.82 Å². The number of nitrogens with zero attached hydrogens (tertiary/aromatic N) is 1. The first-order chi connectivity index (χ1) is 11.8. The number of benzene rings is 2. The van der Waals surface area contributed by atoms with Crippen molar-refractivity contribution < 1.29 is 14.3 Å². The SMILES string of the molecule is CCN(CC(C)(C)O)C(=O)NC(c1ccccc1)c1ccc(F)cc1. The zero-order chi connectivity index (χ0) is 18.4. The molecule has 0 saturated carbocycles. The van der Waals surface area contributed by atoms with Crippen LogP contribution in [-0.4, -0.2) is 34.7 Å². The summed E-state index contributed by atoms with van der Waals surface area (Å²) in [5.74, 6) is -0.320. The Balaban J connectivity index is 2.27. The minimum absolute atomic E-state index is 0.222. The molecular weight excluding hydrogens is 319 g/mol. The zero-order valence-corrected chi connectivity index (χ0v) is 14.9. The standard InChI is InChI=1S/C20H25FN2O2/c1-4-23(14-20(2,3)25)19(24)22-18(15-8-6-5-7-9-15)16-10-12-17(21)13-11-16/h5-13,18,25H,4,14H2,1-3H3,(H,22,24). The van der Waals surface area contributed by atoms with E-state index in [4.69, 9.17) is 0 Å². The minimum Gasteiger partial charge on any atom is -0.389 e. The number of nitrogens with one attached hydrogen (secondary N) is 1. The second-order valence-electron chi connectivity index (χ2n) is 6.67. The summed E-state index contributed by atoms with van der Waals surface area (Å²) in [6, 6.07) is 14.9. The van der Waals surface area contributed by atoms with Crippen molar-refractivity contribution in [3.05, 3.63) is 71.5 Å². The Morgan fingerprint density at radius 2 is 1.68 bits per heavy atom. The maximum Gasteiger partial charge on any atom is 0.318 e. The fraction of sp³-hybridized carbons (Fsp3) is 0.350. The zero-order valence-electron chi connectivity index (χ0n) is 14.9. The Hall–Kier alpha value is -2.40. The number of hydrogen-bond donors (Lipinski definition) is 2. The number of hydrogen-bond acceptors (Lipinski definition) is 2. The van der Waals surface area contributed by atoms with Gasteiger partial charge in [0, 0.05) is 6.54 Å². The predicted molar refractivity (Wildman–Crippen MR) is 96.8 cm³/mol. The van der Waals surface area contributed by atoms with Gasteiger partial charge in [-0.1, -0.05) is 42.5 Å². The van der Waals surface area contributed by atoms with E-state index < -0.39 is 11.6 Å². The molecule has 5 heteroatoms.